The van der Waals surface area contributed by atoms with Gasteiger partial charge in [0.1, 0.15) is 23.1 Å². The predicted molar refractivity (Wildman–Crippen MR) is 121 cm³/mol. The zero-order valence-corrected chi connectivity index (χ0v) is 19.3. The van der Waals surface area contributed by atoms with Crippen LogP contribution in [0.5, 0.6) is 0 Å². The highest BCUT2D eigenvalue weighted by molar-refractivity contribution is 5.95. The van der Waals surface area contributed by atoms with Gasteiger partial charge >= 0.3 is 6.18 Å². The second-order valence-corrected chi connectivity index (χ2v) is 8.94. The van der Waals surface area contributed by atoms with Gasteiger partial charge in [-0.2, -0.15) is 23.4 Å². The lowest BCUT2D eigenvalue weighted by Gasteiger charge is -2.32. The van der Waals surface area contributed by atoms with Crippen molar-refractivity contribution in [3.63, 3.8) is 0 Å². The Labute approximate surface area is 199 Å². The minimum absolute atomic E-state index is 0.0627. The lowest BCUT2D eigenvalue weighted by atomic mass is 9.79. The number of rotatable bonds is 6. The third-order valence-corrected chi connectivity index (χ3v) is 6.49. The van der Waals surface area contributed by atoms with Crippen LogP contribution in [0.25, 0.3) is 11.3 Å². The molecule has 0 saturated heterocycles. The topological polar surface area (TPSA) is 121 Å². The zero-order valence-electron chi connectivity index (χ0n) is 19.3. The Bertz CT molecular complexity index is 1210. The number of halogens is 3. The summed E-state index contributed by atoms with van der Waals surface area (Å²) in [6.45, 7) is 2.16. The minimum Gasteiger partial charge on any atom is -0.364 e. The summed E-state index contributed by atoms with van der Waals surface area (Å²) in [5.74, 6) is -0.467. The molecular weight excluding hydrogens is 463 g/mol. The molecule has 3 N–H and O–H groups in total. The van der Waals surface area contributed by atoms with Crippen LogP contribution in [0.3, 0.4) is 0 Å². The zero-order chi connectivity index (χ0) is 25.3. The van der Waals surface area contributed by atoms with Crippen molar-refractivity contribution in [2.75, 3.05) is 5.32 Å². The van der Waals surface area contributed by atoms with Gasteiger partial charge in [-0.1, -0.05) is 19.8 Å². The Hall–Kier alpha value is -3.70. The van der Waals surface area contributed by atoms with Gasteiger partial charge in [-0.15, -0.1) is 0 Å². The number of nitrogens with two attached hydrogens (primary N) is 1. The van der Waals surface area contributed by atoms with Crippen LogP contribution in [0, 0.1) is 11.8 Å². The van der Waals surface area contributed by atoms with Crippen molar-refractivity contribution in [1.82, 2.24) is 24.5 Å². The van der Waals surface area contributed by atoms with E-state index in [1.165, 1.54) is 42.3 Å². The van der Waals surface area contributed by atoms with Crippen LogP contribution in [0.15, 0.2) is 36.8 Å². The number of aryl methyl sites for hydroxylation is 1. The van der Waals surface area contributed by atoms with E-state index in [0.717, 1.165) is 36.6 Å². The largest absolute Gasteiger partial charge is 0.420 e. The molecule has 1 aliphatic rings. The van der Waals surface area contributed by atoms with Gasteiger partial charge in [0.25, 0.3) is 11.8 Å². The van der Waals surface area contributed by atoms with Crippen LogP contribution >= 0.6 is 0 Å². The fraction of sp³-hybridized carbons (Fsp3) is 0.435. The van der Waals surface area contributed by atoms with Gasteiger partial charge in [-0.05, 0) is 42.9 Å². The summed E-state index contributed by atoms with van der Waals surface area (Å²) < 4.78 is 42.5. The SMILES string of the molecule is CC1CCC(C(C(=O)Nc2ccc(-c3c(C(F)(F)F)cnn3C)cn2)n2nccc2C(N)=O)CC1. The molecule has 186 valence electrons. The summed E-state index contributed by atoms with van der Waals surface area (Å²) in [6, 6.07) is 3.55. The minimum atomic E-state index is -4.57. The van der Waals surface area contributed by atoms with Crippen molar-refractivity contribution in [2.45, 2.75) is 44.8 Å². The molecule has 1 saturated carbocycles. The molecule has 0 radical (unpaired) electrons. The number of aromatic nitrogens is 5. The molecular formula is C23H26F3N7O2. The Kier molecular flexibility index (Phi) is 6.64. The van der Waals surface area contributed by atoms with E-state index in [9.17, 15) is 22.8 Å². The van der Waals surface area contributed by atoms with Gasteiger partial charge in [-0.3, -0.25) is 14.3 Å². The number of carbonyl (C=O) groups excluding carboxylic acids is 2. The Morgan fingerprint density at radius 1 is 1.11 bits per heavy atom. The quantitative estimate of drug-likeness (QED) is 0.546. The first-order chi connectivity index (χ1) is 16.6. The van der Waals surface area contributed by atoms with Gasteiger partial charge in [0.15, 0.2) is 0 Å². The molecule has 1 fully saturated rings. The van der Waals surface area contributed by atoms with E-state index in [1.807, 2.05) is 0 Å². The standard InChI is InChI=1S/C23H26F3N7O2/c1-13-3-5-14(6-4-13)20(33-17(21(27)34)9-10-29-33)22(35)31-18-8-7-15(11-28-18)19-16(23(24,25)26)12-30-32(19)2/h7-14,20H,3-6H2,1-2H3,(H2,27,34)(H,28,31,35). The average molecular weight is 490 g/mol. The molecule has 1 atom stereocenters. The van der Waals surface area contributed by atoms with Crippen molar-refractivity contribution in [3.8, 4) is 11.3 Å². The van der Waals surface area contributed by atoms with Crippen LogP contribution in [-0.2, 0) is 18.0 Å². The summed E-state index contributed by atoms with van der Waals surface area (Å²) in [5, 5.41) is 10.6. The second kappa shape index (κ2) is 9.51. The number of nitrogens with one attached hydrogen (secondary N) is 1. The highest BCUT2D eigenvalue weighted by Crippen LogP contribution is 2.38. The number of amides is 2. The molecule has 0 bridgehead atoms. The molecule has 1 aliphatic carbocycles. The molecule has 0 spiro atoms. The van der Waals surface area contributed by atoms with Crippen LogP contribution in [0.4, 0.5) is 19.0 Å². The highest BCUT2D eigenvalue weighted by Gasteiger charge is 2.37. The molecule has 9 nitrogen and oxygen atoms in total. The molecule has 3 aromatic heterocycles. The van der Waals surface area contributed by atoms with E-state index < -0.39 is 29.6 Å². The van der Waals surface area contributed by atoms with Gasteiger partial charge in [0, 0.05) is 25.0 Å². The smallest absolute Gasteiger partial charge is 0.364 e. The molecule has 12 heteroatoms. The van der Waals surface area contributed by atoms with Crippen molar-refractivity contribution < 1.29 is 22.8 Å². The summed E-state index contributed by atoms with van der Waals surface area (Å²) in [4.78, 5) is 29.5. The maximum absolute atomic E-state index is 13.4. The van der Waals surface area contributed by atoms with Crippen LogP contribution in [0.2, 0.25) is 0 Å². The number of hydrogen-bond donors (Lipinski definition) is 2. The predicted octanol–water partition coefficient (Wildman–Crippen LogP) is 3.80. The van der Waals surface area contributed by atoms with Crippen LogP contribution in [-0.4, -0.2) is 36.4 Å². The maximum atomic E-state index is 13.4. The Morgan fingerprint density at radius 3 is 2.43 bits per heavy atom. The molecule has 2 amide bonds. The van der Waals surface area contributed by atoms with Crippen LogP contribution < -0.4 is 11.1 Å². The van der Waals surface area contributed by atoms with Crippen molar-refractivity contribution >= 4 is 17.6 Å². The first-order valence-corrected chi connectivity index (χ1v) is 11.3. The van der Waals surface area contributed by atoms with Gasteiger partial charge in [-0.25, -0.2) is 9.67 Å². The van der Waals surface area contributed by atoms with E-state index in [4.69, 9.17) is 5.73 Å². The molecule has 4 rings (SSSR count). The number of hydrogen-bond acceptors (Lipinski definition) is 5. The van der Waals surface area contributed by atoms with E-state index in [-0.39, 0.29) is 28.7 Å². The fourth-order valence-corrected chi connectivity index (χ4v) is 4.65. The number of primary amides is 1. The summed E-state index contributed by atoms with van der Waals surface area (Å²) in [7, 11) is 1.41. The Morgan fingerprint density at radius 2 is 1.83 bits per heavy atom. The Balaban J connectivity index is 1.60. The third kappa shape index (κ3) is 5.05. The van der Waals surface area contributed by atoms with Crippen molar-refractivity contribution in [1.29, 1.82) is 0 Å². The average Bonchev–Trinajstić information content (AvgIpc) is 3.43. The lowest BCUT2D eigenvalue weighted by molar-refractivity contribution is -0.137. The number of alkyl halides is 3. The lowest BCUT2D eigenvalue weighted by Crippen LogP contribution is -2.37. The number of nitrogens with zero attached hydrogens (tertiary/aromatic N) is 5. The van der Waals surface area contributed by atoms with E-state index in [1.54, 1.807) is 0 Å². The van der Waals surface area contributed by atoms with E-state index in [2.05, 4.69) is 27.4 Å². The first kappa shape index (κ1) is 24.4. The van der Waals surface area contributed by atoms with E-state index in [0.29, 0.717) is 5.92 Å². The number of anilines is 1. The molecule has 3 aromatic rings. The fourth-order valence-electron chi connectivity index (χ4n) is 4.65. The normalized spacial score (nSPS) is 19.3. The molecule has 0 aromatic carbocycles. The molecule has 35 heavy (non-hydrogen) atoms. The number of pyridine rings is 1. The molecule has 1 unspecified atom stereocenters. The van der Waals surface area contributed by atoms with Crippen molar-refractivity contribution in [2.24, 2.45) is 24.6 Å². The monoisotopic (exact) mass is 489 g/mol. The van der Waals surface area contributed by atoms with Crippen molar-refractivity contribution in [3.05, 3.63) is 48.0 Å². The summed E-state index contributed by atoms with van der Waals surface area (Å²) in [6.07, 6.45) is 2.33. The maximum Gasteiger partial charge on any atom is 0.420 e. The van der Waals surface area contributed by atoms with Gasteiger partial charge < -0.3 is 11.1 Å². The first-order valence-electron chi connectivity index (χ1n) is 11.3. The summed E-state index contributed by atoms with van der Waals surface area (Å²) in [5.41, 5.74) is 4.82. The highest BCUT2D eigenvalue weighted by atomic mass is 19.4. The second-order valence-electron chi connectivity index (χ2n) is 8.94. The van der Waals surface area contributed by atoms with Gasteiger partial charge in [0.05, 0.1) is 11.9 Å². The number of carbonyl (C=O) groups is 2. The molecule has 3 heterocycles. The van der Waals surface area contributed by atoms with E-state index >= 15 is 0 Å². The van der Waals surface area contributed by atoms with Gasteiger partial charge in [0.2, 0.25) is 0 Å². The molecule has 0 aliphatic heterocycles. The third-order valence-electron chi connectivity index (χ3n) is 6.49. The summed E-state index contributed by atoms with van der Waals surface area (Å²) >= 11 is 0. The van der Waals surface area contributed by atoms with Crippen LogP contribution in [0.1, 0.15) is 54.7 Å².